The number of esters is 3. The number of hydrogen-bond acceptors (Lipinski definition) is 10. The molecule has 6 rings (SSSR count). The van der Waals surface area contributed by atoms with Crippen LogP contribution < -0.4 is 0 Å². The maximum atomic E-state index is 14.3. The van der Waals surface area contributed by atoms with Gasteiger partial charge in [-0.3, -0.25) is 14.4 Å². The number of cyclic esters (lactones) is 1. The van der Waals surface area contributed by atoms with Crippen molar-refractivity contribution in [3.63, 3.8) is 0 Å². The Balaban J connectivity index is 1.54. The second-order valence-corrected chi connectivity index (χ2v) is 12.0. The van der Waals surface area contributed by atoms with Gasteiger partial charge in [0.15, 0.2) is 5.60 Å². The molecular weight excluding hydrogens is 472 g/mol. The smallest absolute Gasteiger partial charge is 0.347 e. The van der Waals surface area contributed by atoms with Crippen LogP contribution >= 0.6 is 0 Å². The number of carbonyl (C=O) groups excluding carboxylic acids is 4. The molecule has 5 aliphatic rings. The van der Waals surface area contributed by atoms with E-state index in [0.717, 1.165) is 0 Å². The number of aliphatic hydroxyl groups excluding tert-OH is 1. The van der Waals surface area contributed by atoms with Gasteiger partial charge < -0.3 is 28.5 Å². The summed E-state index contributed by atoms with van der Waals surface area (Å²) >= 11 is 0. The van der Waals surface area contributed by atoms with Gasteiger partial charge in [-0.2, -0.15) is 0 Å². The monoisotopic (exact) mass is 502 g/mol. The van der Waals surface area contributed by atoms with Crippen LogP contribution in [-0.2, 0) is 38.1 Å². The first-order chi connectivity index (χ1) is 16.8. The first-order valence-electron chi connectivity index (χ1n) is 12.2. The van der Waals surface area contributed by atoms with Crippen LogP contribution in [0.5, 0.6) is 0 Å². The summed E-state index contributed by atoms with van der Waals surface area (Å²) in [5.74, 6) is -4.00. The number of fused-ring (bicyclic) bond motifs is 3. The maximum absolute atomic E-state index is 14.3. The number of hydrogen-bond donors (Lipinski definition) is 1. The van der Waals surface area contributed by atoms with E-state index in [-0.39, 0.29) is 18.6 Å². The van der Waals surface area contributed by atoms with Gasteiger partial charge in [-0.25, -0.2) is 4.79 Å². The lowest BCUT2D eigenvalue weighted by Gasteiger charge is -2.50. The van der Waals surface area contributed by atoms with Crippen LogP contribution in [0, 0.1) is 28.1 Å². The van der Waals surface area contributed by atoms with Crippen molar-refractivity contribution < 1.29 is 47.6 Å². The number of aliphatic hydroxyl groups is 1. The minimum absolute atomic E-state index is 0.171. The highest BCUT2D eigenvalue weighted by Crippen LogP contribution is 2.75. The zero-order chi connectivity index (χ0) is 26.1. The summed E-state index contributed by atoms with van der Waals surface area (Å²) in [5.41, 5.74) is -5.86. The van der Waals surface area contributed by atoms with E-state index in [0.29, 0.717) is 12.0 Å². The summed E-state index contributed by atoms with van der Waals surface area (Å²) in [7, 11) is 1.20. The molecule has 0 radical (unpaired) electrons. The Labute approximate surface area is 207 Å². The number of rotatable bonds is 3. The molecule has 0 spiro atoms. The van der Waals surface area contributed by atoms with Gasteiger partial charge in [0.05, 0.1) is 44.2 Å². The van der Waals surface area contributed by atoms with E-state index in [4.69, 9.17) is 23.4 Å². The number of Topliss-reactive ketones (excluding diaryl/α,β-unsaturated/α-hetero) is 1. The molecule has 0 amide bonds. The summed E-state index contributed by atoms with van der Waals surface area (Å²) in [6.07, 6.45) is 0.0427. The summed E-state index contributed by atoms with van der Waals surface area (Å²) < 4.78 is 28.5. The van der Waals surface area contributed by atoms with Gasteiger partial charge in [0.2, 0.25) is 6.10 Å². The molecule has 1 aromatic rings. The van der Waals surface area contributed by atoms with Crippen molar-refractivity contribution in [3.8, 4) is 0 Å². The van der Waals surface area contributed by atoms with Gasteiger partial charge in [0, 0.05) is 22.3 Å². The van der Waals surface area contributed by atoms with E-state index < -0.39 is 75.5 Å². The van der Waals surface area contributed by atoms with Crippen molar-refractivity contribution in [3.05, 3.63) is 24.2 Å². The van der Waals surface area contributed by atoms with Crippen LogP contribution in [0.1, 0.15) is 58.6 Å². The Morgan fingerprint density at radius 3 is 2.53 bits per heavy atom. The van der Waals surface area contributed by atoms with Crippen molar-refractivity contribution in [2.75, 3.05) is 7.11 Å². The van der Waals surface area contributed by atoms with Crippen LogP contribution in [0.4, 0.5) is 0 Å². The zero-order valence-electron chi connectivity index (χ0n) is 20.9. The predicted molar refractivity (Wildman–Crippen MR) is 118 cm³/mol. The maximum Gasteiger partial charge on any atom is 0.347 e. The highest BCUT2D eigenvalue weighted by molar-refractivity contribution is 5.98. The largest absolute Gasteiger partial charge is 0.472 e. The van der Waals surface area contributed by atoms with Gasteiger partial charge >= 0.3 is 17.9 Å². The van der Waals surface area contributed by atoms with Gasteiger partial charge in [-0.1, -0.05) is 20.8 Å². The molecule has 10 heteroatoms. The molecule has 0 bridgehead atoms. The first-order valence-corrected chi connectivity index (χ1v) is 12.2. The number of carbonyl (C=O) groups is 4. The third-order valence-electron chi connectivity index (χ3n) is 10.2. The Kier molecular flexibility index (Phi) is 4.45. The fourth-order valence-electron chi connectivity index (χ4n) is 8.54. The standard InChI is InChI=1S/C26H30O10/c1-22(2)16-15(20(30)32-5)34-21(31)24(16,4)19-14(18(22)29)25-8-7-23(3,17(28)12-6-9-33-11-12)26(25,36-19)10-13(27)35-25/h6,9,11,14-17,19,28H,7-8,10H2,1-5H3/t14-,15-,16-,17+,19-,23-,24+,25-,26+/m0/s1. The minimum Gasteiger partial charge on any atom is -0.472 e. The summed E-state index contributed by atoms with van der Waals surface area (Å²) in [5, 5.41) is 11.5. The van der Waals surface area contributed by atoms with Crippen molar-refractivity contribution in [1.82, 2.24) is 0 Å². The molecule has 3 saturated heterocycles. The van der Waals surface area contributed by atoms with Crippen molar-refractivity contribution in [1.29, 1.82) is 0 Å². The van der Waals surface area contributed by atoms with Crippen LogP contribution in [0.25, 0.3) is 0 Å². The molecule has 4 heterocycles. The average molecular weight is 503 g/mol. The van der Waals surface area contributed by atoms with Crippen LogP contribution in [0.2, 0.25) is 0 Å². The lowest BCUT2D eigenvalue weighted by Crippen LogP contribution is -2.65. The molecule has 5 fully saturated rings. The molecule has 1 aromatic heterocycles. The zero-order valence-corrected chi connectivity index (χ0v) is 20.9. The average Bonchev–Trinajstić information content (AvgIpc) is 3.59. The van der Waals surface area contributed by atoms with E-state index in [1.54, 1.807) is 26.8 Å². The fourth-order valence-corrected chi connectivity index (χ4v) is 8.54. The number of methoxy groups -OCH3 is 1. The second kappa shape index (κ2) is 6.77. The summed E-state index contributed by atoms with van der Waals surface area (Å²) in [4.78, 5) is 53.3. The fraction of sp³-hybridized carbons (Fsp3) is 0.692. The van der Waals surface area contributed by atoms with Gasteiger partial charge in [-0.05, 0) is 25.8 Å². The minimum atomic E-state index is -1.39. The molecule has 2 saturated carbocycles. The molecule has 0 aromatic carbocycles. The third-order valence-corrected chi connectivity index (χ3v) is 10.2. The topological polar surface area (TPSA) is 139 Å². The number of furan rings is 1. The molecule has 194 valence electrons. The highest BCUT2D eigenvalue weighted by Gasteiger charge is 2.88. The van der Waals surface area contributed by atoms with Gasteiger partial charge in [0.1, 0.15) is 16.8 Å². The normalized spacial score (nSPS) is 46.9. The molecule has 3 aliphatic heterocycles. The molecule has 9 atom stereocenters. The molecule has 10 nitrogen and oxygen atoms in total. The van der Waals surface area contributed by atoms with Crippen LogP contribution in [0.3, 0.4) is 0 Å². The molecule has 2 aliphatic carbocycles. The van der Waals surface area contributed by atoms with Crippen molar-refractivity contribution in [2.24, 2.45) is 28.1 Å². The molecule has 1 N–H and O–H groups in total. The molecular formula is C26H30O10. The second-order valence-electron chi connectivity index (χ2n) is 12.0. The Morgan fingerprint density at radius 1 is 1.17 bits per heavy atom. The molecule has 36 heavy (non-hydrogen) atoms. The van der Waals surface area contributed by atoms with E-state index in [1.165, 1.54) is 19.6 Å². The number of ether oxygens (including phenoxy) is 4. The van der Waals surface area contributed by atoms with Crippen LogP contribution in [-0.4, -0.2) is 59.3 Å². The first kappa shape index (κ1) is 23.7. The SMILES string of the molecule is COC(=O)[C@H]1OC(=O)[C@@]2(C)[C@H]3O[C@@]45CC(=O)O[C@@]4(CC[C@@]5(C)[C@H](O)c4ccoc4)[C@H]3C(=O)C(C)(C)[C@H]12. The van der Waals surface area contributed by atoms with Crippen molar-refractivity contribution in [2.45, 2.75) is 76.5 Å². The predicted octanol–water partition coefficient (Wildman–Crippen LogP) is 1.88. The summed E-state index contributed by atoms with van der Waals surface area (Å²) in [6, 6.07) is 1.65. The third kappa shape index (κ3) is 2.27. The Hall–Kier alpha value is -2.72. The van der Waals surface area contributed by atoms with Gasteiger partial charge in [0.25, 0.3) is 0 Å². The lowest BCUT2D eigenvalue weighted by molar-refractivity contribution is -0.199. The van der Waals surface area contributed by atoms with Gasteiger partial charge in [-0.15, -0.1) is 0 Å². The highest BCUT2D eigenvalue weighted by atomic mass is 16.6. The van der Waals surface area contributed by atoms with Crippen LogP contribution in [0.15, 0.2) is 23.0 Å². The summed E-state index contributed by atoms with van der Waals surface area (Å²) in [6.45, 7) is 6.86. The van der Waals surface area contributed by atoms with E-state index in [1.807, 2.05) is 6.92 Å². The van der Waals surface area contributed by atoms with E-state index in [9.17, 15) is 24.3 Å². The van der Waals surface area contributed by atoms with E-state index >= 15 is 0 Å². The van der Waals surface area contributed by atoms with E-state index in [2.05, 4.69) is 0 Å². The Morgan fingerprint density at radius 2 is 1.89 bits per heavy atom. The van der Waals surface area contributed by atoms with Crippen molar-refractivity contribution >= 4 is 23.7 Å². The Bertz CT molecular complexity index is 1190. The molecule has 0 unspecified atom stereocenters. The number of ketones is 1. The lowest BCUT2D eigenvalue weighted by atomic mass is 9.49. The quantitative estimate of drug-likeness (QED) is 0.481.